The van der Waals surface area contributed by atoms with Crippen LogP contribution in [0.4, 0.5) is 9.18 Å². The maximum Gasteiger partial charge on any atom is 0.408 e. The number of amides is 1. The normalized spacial score (nSPS) is 12.1. The highest BCUT2D eigenvalue weighted by molar-refractivity contribution is 5.72. The zero-order chi connectivity index (χ0) is 15.5. The van der Waals surface area contributed by atoms with Gasteiger partial charge in [-0.25, -0.2) is 14.2 Å². The van der Waals surface area contributed by atoms with E-state index in [-0.39, 0.29) is 5.89 Å². The van der Waals surface area contributed by atoms with Gasteiger partial charge in [-0.2, -0.15) is 0 Å². The molecule has 1 atom stereocenters. The van der Waals surface area contributed by atoms with Crippen LogP contribution >= 0.6 is 0 Å². The third-order valence-corrected chi connectivity index (χ3v) is 3.12. The predicted octanol–water partition coefficient (Wildman–Crippen LogP) is 3.41. The van der Waals surface area contributed by atoms with E-state index < -0.39 is 18.0 Å². The fraction of sp³-hybridized carbons (Fsp3) is 0.125. The first-order chi connectivity index (χ1) is 10.7. The number of carbonyl (C=O) groups excluding carboxylic acids is 1. The molecule has 6 heteroatoms. The smallest absolute Gasteiger partial charge is 0.408 e. The van der Waals surface area contributed by atoms with Crippen LogP contribution in [0, 0.1) is 5.82 Å². The second kappa shape index (κ2) is 5.85. The fourth-order valence-electron chi connectivity index (χ4n) is 2.10. The quantitative estimate of drug-likeness (QED) is 0.805. The van der Waals surface area contributed by atoms with Crippen LogP contribution in [0.15, 0.2) is 52.9 Å². The van der Waals surface area contributed by atoms with Gasteiger partial charge in [-0.3, -0.25) is 0 Å². The second-order valence-electron chi connectivity index (χ2n) is 4.61. The summed E-state index contributed by atoms with van der Waals surface area (Å²) in [6.07, 6.45) is -1.58. The van der Waals surface area contributed by atoms with Crippen molar-refractivity contribution in [2.45, 2.75) is 6.10 Å². The molecule has 1 unspecified atom stereocenters. The number of carbonyl (C=O) groups is 1. The van der Waals surface area contributed by atoms with Gasteiger partial charge in [0, 0.05) is 12.6 Å². The van der Waals surface area contributed by atoms with Gasteiger partial charge in [-0.05, 0) is 24.3 Å². The number of hydrogen-bond acceptors (Lipinski definition) is 4. The zero-order valence-corrected chi connectivity index (χ0v) is 11.7. The Labute approximate surface area is 125 Å². The Kier molecular flexibility index (Phi) is 3.74. The molecule has 2 aromatic carbocycles. The van der Waals surface area contributed by atoms with Gasteiger partial charge < -0.3 is 14.5 Å². The van der Waals surface area contributed by atoms with Crippen molar-refractivity contribution in [1.82, 2.24) is 10.3 Å². The summed E-state index contributed by atoms with van der Waals surface area (Å²) in [7, 11) is 1.44. The van der Waals surface area contributed by atoms with Crippen molar-refractivity contribution in [1.29, 1.82) is 0 Å². The molecule has 0 bridgehead atoms. The van der Waals surface area contributed by atoms with Crippen molar-refractivity contribution in [2.24, 2.45) is 0 Å². The van der Waals surface area contributed by atoms with Gasteiger partial charge in [-0.15, -0.1) is 0 Å². The lowest BCUT2D eigenvalue weighted by Gasteiger charge is -2.14. The number of alkyl carbamates (subject to hydrolysis) is 1. The SMILES string of the molecule is CNC(=O)OC(c1cccc(F)c1)c1nc2ccccc2o1. The summed E-state index contributed by atoms with van der Waals surface area (Å²) >= 11 is 0. The molecule has 0 aliphatic rings. The minimum Gasteiger partial charge on any atom is -0.436 e. The molecule has 0 aliphatic carbocycles. The molecule has 3 aromatic rings. The molecule has 1 N–H and O–H groups in total. The lowest BCUT2D eigenvalue weighted by atomic mass is 10.1. The highest BCUT2D eigenvalue weighted by Crippen LogP contribution is 2.28. The fourth-order valence-corrected chi connectivity index (χ4v) is 2.10. The van der Waals surface area contributed by atoms with E-state index in [1.807, 2.05) is 12.1 Å². The van der Waals surface area contributed by atoms with Crippen molar-refractivity contribution in [3.63, 3.8) is 0 Å². The largest absolute Gasteiger partial charge is 0.436 e. The summed E-state index contributed by atoms with van der Waals surface area (Å²) < 4.78 is 24.4. The number of fused-ring (bicyclic) bond motifs is 1. The van der Waals surface area contributed by atoms with Crippen molar-refractivity contribution >= 4 is 17.2 Å². The predicted molar refractivity (Wildman–Crippen MR) is 77.8 cm³/mol. The molecule has 0 saturated heterocycles. The van der Waals surface area contributed by atoms with Crippen molar-refractivity contribution in [3.05, 3.63) is 65.8 Å². The van der Waals surface area contributed by atoms with Gasteiger partial charge in [0.05, 0.1) is 0 Å². The molecule has 0 saturated carbocycles. The highest BCUT2D eigenvalue weighted by atomic mass is 19.1. The average molecular weight is 300 g/mol. The number of halogens is 1. The Morgan fingerprint density at radius 1 is 1.27 bits per heavy atom. The molecule has 1 aromatic heterocycles. The van der Waals surface area contributed by atoms with Crippen LogP contribution in [-0.4, -0.2) is 18.1 Å². The maximum atomic E-state index is 13.5. The Morgan fingerprint density at radius 2 is 2.09 bits per heavy atom. The second-order valence-corrected chi connectivity index (χ2v) is 4.61. The van der Waals surface area contributed by atoms with Crippen LogP contribution < -0.4 is 5.32 Å². The van der Waals surface area contributed by atoms with Crippen LogP contribution in [0.5, 0.6) is 0 Å². The summed E-state index contributed by atoms with van der Waals surface area (Å²) in [6.45, 7) is 0. The number of rotatable bonds is 3. The molecule has 0 radical (unpaired) electrons. The third kappa shape index (κ3) is 2.76. The topological polar surface area (TPSA) is 64.4 Å². The Morgan fingerprint density at radius 3 is 2.82 bits per heavy atom. The highest BCUT2D eigenvalue weighted by Gasteiger charge is 2.24. The third-order valence-electron chi connectivity index (χ3n) is 3.12. The molecule has 5 nitrogen and oxygen atoms in total. The molecule has 1 amide bonds. The molecular formula is C16H13FN2O3. The first-order valence-corrected chi connectivity index (χ1v) is 6.66. The van der Waals surface area contributed by atoms with E-state index in [0.29, 0.717) is 16.7 Å². The van der Waals surface area contributed by atoms with Crippen molar-refractivity contribution < 1.29 is 18.3 Å². The van der Waals surface area contributed by atoms with E-state index in [9.17, 15) is 9.18 Å². The monoisotopic (exact) mass is 300 g/mol. The standard InChI is InChI=1S/C16H13FN2O3/c1-18-16(20)22-14(10-5-4-6-11(17)9-10)15-19-12-7-2-3-8-13(12)21-15/h2-9,14H,1H3,(H,18,20). The van der Waals surface area contributed by atoms with Gasteiger partial charge in [0.15, 0.2) is 5.58 Å². The average Bonchev–Trinajstić information content (AvgIpc) is 2.95. The van der Waals surface area contributed by atoms with E-state index in [0.717, 1.165) is 0 Å². The molecule has 3 rings (SSSR count). The van der Waals surface area contributed by atoms with Crippen molar-refractivity contribution in [3.8, 4) is 0 Å². The molecule has 112 valence electrons. The molecule has 1 heterocycles. The number of aromatic nitrogens is 1. The molecule has 22 heavy (non-hydrogen) atoms. The first-order valence-electron chi connectivity index (χ1n) is 6.66. The summed E-state index contributed by atoms with van der Waals surface area (Å²) in [5.74, 6) is -0.241. The minimum atomic E-state index is -0.928. The number of para-hydroxylation sites is 2. The Hall–Kier alpha value is -2.89. The summed E-state index contributed by atoms with van der Waals surface area (Å²) in [5, 5.41) is 2.36. The molecule has 0 aliphatic heterocycles. The molecule has 0 spiro atoms. The van der Waals surface area contributed by atoms with Crippen LogP contribution in [0.1, 0.15) is 17.6 Å². The Balaban J connectivity index is 2.05. The number of ether oxygens (including phenoxy) is 1. The van der Waals surface area contributed by atoms with E-state index in [1.54, 1.807) is 18.2 Å². The molecular weight excluding hydrogens is 287 g/mol. The first kappa shape index (κ1) is 14.1. The van der Waals surface area contributed by atoms with E-state index in [1.165, 1.54) is 25.2 Å². The van der Waals surface area contributed by atoms with Crippen LogP contribution in [0.25, 0.3) is 11.1 Å². The summed E-state index contributed by atoms with van der Waals surface area (Å²) in [5.41, 5.74) is 1.65. The van der Waals surface area contributed by atoms with Gasteiger partial charge in [0.25, 0.3) is 0 Å². The number of hydrogen-bond donors (Lipinski definition) is 1. The van der Waals surface area contributed by atoms with Crippen molar-refractivity contribution in [2.75, 3.05) is 7.05 Å². The lowest BCUT2D eigenvalue weighted by molar-refractivity contribution is 0.105. The summed E-state index contributed by atoms with van der Waals surface area (Å²) in [4.78, 5) is 15.9. The van der Waals surface area contributed by atoms with E-state index in [2.05, 4.69) is 10.3 Å². The van der Waals surface area contributed by atoms with Gasteiger partial charge in [-0.1, -0.05) is 24.3 Å². The van der Waals surface area contributed by atoms with Crippen LogP contribution in [0.3, 0.4) is 0 Å². The van der Waals surface area contributed by atoms with Gasteiger partial charge >= 0.3 is 6.09 Å². The lowest BCUT2D eigenvalue weighted by Crippen LogP contribution is -2.22. The number of nitrogens with zero attached hydrogens (tertiary/aromatic N) is 1. The number of nitrogens with one attached hydrogen (secondary N) is 1. The molecule has 0 fully saturated rings. The van der Waals surface area contributed by atoms with Crippen LogP contribution in [0.2, 0.25) is 0 Å². The van der Waals surface area contributed by atoms with E-state index >= 15 is 0 Å². The number of oxazole rings is 1. The summed E-state index contributed by atoms with van der Waals surface area (Å²) in [6, 6.07) is 13.0. The van der Waals surface area contributed by atoms with E-state index in [4.69, 9.17) is 9.15 Å². The number of benzene rings is 2. The Bertz CT molecular complexity index is 783. The van der Waals surface area contributed by atoms with Gasteiger partial charge in [0.2, 0.25) is 12.0 Å². The van der Waals surface area contributed by atoms with Gasteiger partial charge in [0.1, 0.15) is 11.3 Å². The minimum absolute atomic E-state index is 0.190. The van der Waals surface area contributed by atoms with Crippen LogP contribution in [-0.2, 0) is 4.74 Å². The maximum absolute atomic E-state index is 13.5. The zero-order valence-electron chi connectivity index (χ0n) is 11.7.